The van der Waals surface area contributed by atoms with Crippen LogP contribution in [0.5, 0.6) is 0 Å². The summed E-state index contributed by atoms with van der Waals surface area (Å²) in [6, 6.07) is 16.4. The summed E-state index contributed by atoms with van der Waals surface area (Å²) in [6.07, 6.45) is 1.05. The smallest absolute Gasteiger partial charge is 0.235 e. The predicted octanol–water partition coefficient (Wildman–Crippen LogP) is 3.51. The lowest BCUT2D eigenvalue weighted by atomic mass is 10.0. The van der Waals surface area contributed by atoms with Crippen molar-refractivity contribution in [1.82, 2.24) is 9.88 Å². The Bertz CT molecular complexity index is 935. The Balaban J connectivity index is 1.77. The van der Waals surface area contributed by atoms with Gasteiger partial charge in [0, 0.05) is 25.2 Å². The molecule has 126 valence electrons. The summed E-state index contributed by atoms with van der Waals surface area (Å²) in [6.45, 7) is 3.73. The van der Waals surface area contributed by atoms with Crippen LogP contribution in [-0.2, 0) is 0 Å². The van der Waals surface area contributed by atoms with E-state index < -0.39 is 0 Å². The summed E-state index contributed by atoms with van der Waals surface area (Å²) < 4.78 is 6.10. The number of anilines is 1. The predicted molar refractivity (Wildman–Crippen MR) is 98.5 cm³/mol. The van der Waals surface area contributed by atoms with Crippen molar-refractivity contribution in [2.45, 2.75) is 6.42 Å². The number of benzene rings is 2. The minimum atomic E-state index is 0.368. The first-order valence-electron chi connectivity index (χ1n) is 8.59. The van der Waals surface area contributed by atoms with E-state index >= 15 is 0 Å². The van der Waals surface area contributed by atoms with Crippen molar-refractivity contribution in [1.29, 1.82) is 5.26 Å². The van der Waals surface area contributed by atoms with Crippen LogP contribution in [-0.4, -0.2) is 43.1 Å². The van der Waals surface area contributed by atoms with Crippen LogP contribution in [0, 0.1) is 11.3 Å². The second-order valence-electron chi connectivity index (χ2n) is 6.46. The Morgan fingerprint density at radius 2 is 1.88 bits per heavy atom. The van der Waals surface area contributed by atoms with E-state index in [2.05, 4.69) is 46.1 Å². The Labute approximate surface area is 147 Å². The maximum atomic E-state index is 9.54. The van der Waals surface area contributed by atoms with Gasteiger partial charge in [-0.2, -0.15) is 10.2 Å². The summed E-state index contributed by atoms with van der Waals surface area (Å²) in [5, 5.41) is 11.8. The maximum Gasteiger partial charge on any atom is 0.235 e. The summed E-state index contributed by atoms with van der Waals surface area (Å²) in [5.74, 6) is 1.11. The van der Waals surface area contributed by atoms with Crippen LogP contribution < -0.4 is 4.90 Å². The van der Waals surface area contributed by atoms with Gasteiger partial charge in [0.05, 0.1) is 0 Å². The highest BCUT2D eigenvalue weighted by atomic mass is 16.4. The van der Waals surface area contributed by atoms with Crippen molar-refractivity contribution in [2.75, 3.05) is 38.1 Å². The van der Waals surface area contributed by atoms with Gasteiger partial charge in [0.25, 0.3) is 0 Å². The first-order valence-corrected chi connectivity index (χ1v) is 8.59. The molecular formula is C20H20N4O. The van der Waals surface area contributed by atoms with E-state index in [4.69, 9.17) is 4.42 Å². The van der Waals surface area contributed by atoms with Gasteiger partial charge in [0.2, 0.25) is 17.5 Å². The molecule has 3 aromatic rings. The highest BCUT2D eigenvalue weighted by Crippen LogP contribution is 2.32. The first kappa shape index (κ1) is 15.7. The van der Waals surface area contributed by atoms with Crippen molar-refractivity contribution in [3.05, 3.63) is 48.2 Å². The minimum Gasteiger partial charge on any atom is -0.419 e. The van der Waals surface area contributed by atoms with Crippen molar-refractivity contribution >= 4 is 16.7 Å². The monoisotopic (exact) mass is 332 g/mol. The molecule has 0 atom stereocenters. The molecule has 2 heterocycles. The van der Waals surface area contributed by atoms with E-state index in [9.17, 15) is 5.26 Å². The molecule has 5 heteroatoms. The molecule has 4 rings (SSSR count). The molecule has 1 saturated heterocycles. The summed E-state index contributed by atoms with van der Waals surface area (Å²) in [7, 11) is 2.12. The van der Waals surface area contributed by atoms with Crippen LogP contribution in [0.3, 0.4) is 0 Å². The van der Waals surface area contributed by atoms with Crippen molar-refractivity contribution in [3.63, 3.8) is 0 Å². The van der Waals surface area contributed by atoms with E-state index in [0.29, 0.717) is 17.5 Å². The number of hydrogen-bond donors (Lipinski definition) is 0. The normalized spacial score (nSPS) is 15.9. The summed E-state index contributed by atoms with van der Waals surface area (Å²) >= 11 is 0. The van der Waals surface area contributed by atoms with Gasteiger partial charge < -0.3 is 14.2 Å². The zero-order valence-electron chi connectivity index (χ0n) is 14.3. The first-order chi connectivity index (χ1) is 12.3. The zero-order chi connectivity index (χ0) is 17.2. The van der Waals surface area contributed by atoms with Gasteiger partial charge >= 0.3 is 0 Å². The molecule has 0 aliphatic carbocycles. The molecule has 2 aromatic carbocycles. The van der Waals surface area contributed by atoms with Crippen LogP contribution in [0.2, 0.25) is 0 Å². The number of fused-ring (bicyclic) bond motifs is 1. The van der Waals surface area contributed by atoms with E-state index in [1.807, 2.05) is 24.3 Å². The quantitative estimate of drug-likeness (QED) is 0.719. The van der Waals surface area contributed by atoms with Crippen LogP contribution in [0.4, 0.5) is 5.88 Å². The molecule has 0 amide bonds. The van der Waals surface area contributed by atoms with Crippen molar-refractivity contribution in [3.8, 4) is 17.5 Å². The number of aromatic nitrogens is 1. The van der Waals surface area contributed by atoms with E-state index in [1.54, 1.807) is 0 Å². The molecule has 0 unspecified atom stereocenters. The second-order valence-corrected chi connectivity index (χ2v) is 6.46. The Hall–Kier alpha value is -2.84. The molecule has 5 nitrogen and oxygen atoms in total. The number of hydrogen-bond acceptors (Lipinski definition) is 5. The highest BCUT2D eigenvalue weighted by Gasteiger charge is 2.23. The van der Waals surface area contributed by atoms with Gasteiger partial charge in [-0.25, -0.2) is 0 Å². The van der Waals surface area contributed by atoms with Crippen LogP contribution in [0.15, 0.2) is 46.9 Å². The van der Waals surface area contributed by atoms with E-state index in [0.717, 1.165) is 48.9 Å². The maximum absolute atomic E-state index is 9.54. The number of rotatable bonds is 2. The standard InChI is InChI=1S/C20H20N4O/c1-23-10-5-11-24(13-12-23)20-18(14-21)22-19(25-20)17-9-4-7-15-6-2-3-8-16(15)17/h2-4,6-9H,5,10-13H2,1H3. The van der Waals surface area contributed by atoms with Gasteiger partial charge in [-0.15, -0.1) is 0 Å². The number of nitriles is 1. The Kier molecular flexibility index (Phi) is 4.12. The molecule has 25 heavy (non-hydrogen) atoms. The Morgan fingerprint density at radius 3 is 2.76 bits per heavy atom. The number of oxazole rings is 1. The number of nitrogens with zero attached hydrogens (tertiary/aromatic N) is 4. The fraction of sp³-hybridized carbons (Fsp3) is 0.300. The van der Waals surface area contributed by atoms with Gasteiger partial charge in [-0.1, -0.05) is 36.4 Å². The summed E-state index contributed by atoms with van der Waals surface area (Å²) in [4.78, 5) is 8.93. The molecule has 0 radical (unpaired) electrons. The second kappa shape index (κ2) is 6.58. The fourth-order valence-corrected chi connectivity index (χ4v) is 3.38. The largest absolute Gasteiger partial charge is 0.419 e. The van der Waals surface area contributed by atoms with Crippen LogP contribution >= 0.6 is 0 Å². The third-order valence-corrected chi connectivity index (χ3v) is 4.74. The number of likely N-dealkylation sites (N-methyl/N-ethyl adjacent to an activating group) is 1. The molecule has 1 aromatic heterocycles. The average Bonchev–Trinajstić information content (AvgIpc) is 2.96. The van der Waals surface area contributed by atoms with Crippen molar-refractivity contribution in [2.24, 2.45) is 0 Å². The molecule has 0 saturated carbocycles. The zero-order valence-corrected chi connectivity index (χ0v) is 14.3. The molecule has 0 spiro atoms. The lowest BCUT2D eigenvalue weighted by Crippen LogP contribution is -2.28. The summed E-state index contributed by atoms with van der Waals surface area (Å²) in [5.41, 5.74) is 1.29. The van der Waals surface area contributed by atoms with Gasteiger partial charge in [-0.3, -0.25) is 0 Å². The van der Waals surface area contributed by atoms with Gasteiger partial charge in [0.1, 0.15) is 6.07 Å². The van der Waals surface area contributed by atoms with Crippen LogP contribution in [0.1, 0.15) is 12.1 Å². The van der Waals surface area contributed by atoms with E-state index in [1.165, 1.54) is 0 Å². The average molecular weight is 332 g/mol. The third kappa shape index (κ3) is 2.97. The molecule has 1 aliphatic heterocycles. The highest BCUT2D eigenvalue weighted by molar-refractivity contribution is 5.94. The minimum absolute atomic E-state index is 0.368. The third-order valence-electron chi connectivity index (χ3n) is 4.74. The van der Waals surface area contributed by atoms with Gasteiger partial charge in [0.15, 0.2) is 0 Å². The van der Waals surface area contributed by atoms with Crippen molar-refractivity contribution < 1.29 is 4.42 Å². The lowest BCUT2D eigenvalue weighted by molar-refractivity contribution is 0.359. The topological polar surface area (TPSA) is 56.3 Å². The SMILES string of the molecule is CN1CCCN(c2oc(-c3cccc4ccccc34)nc2C#N)CC1. The molecule has 1 aliphatic rings. The van der Waals surface area contributed by atoms with Crippen LogP contribution in [0.25, 0.3) is 22.2 Å². The molecular weight excluding hydrogens is 312 g/mol. The Morgan fingerprint density at radius 1 is 1.04 bits per heavy atom. The molecule has 0 bridgehead atoms. The van der Waals surface area contributed by atoms with E-state index in [-0.39, 0.29) is 0 Å². The molecule has 1 fully saturated rings. The fourth-order valence-electron chi connectivity index (χ4n) is 3.38. The molecule has 0 N–H and O–H groups in total. The lowest BCUT2D eigenvalue weighted by Gasteiger charge is -2.19. The van der Waals surface area contributed by atoms with Gasteiger partial charge in [-0.05, 0) is 36.9 Å².